The molecule has 1 saturated heterocycles. The van der Waals surface area contributed by atoms with Crippen molar-refractivity contribution in [3.05, 3.63) is 58.7 Å². The molecule has 4 rings (SSSR count). The van der Waals surface area contributed by atoms with Crippen LogP contribution in [-0.4, -0.2) is 62.1 Å². The fourth-order valence-corrected chi connectivity index (χ4v) is 4.71. The van der Waals surface area contributed by atoms with Crippen LogP contribution in [0.2, 0.25) is 0 Å². The summed E-state index contributed by atoms with van der Waals surface area (Å²) in [5.41, 5.74) is 4.62. The Morgan fingerprint density at radius 2 is 1.75 bits per heavy atom. The van der Waals surface area contributed by atoms with Crippen LogP contribution < -0.4 is 9.47 Å². The third-order valence-electron chi connectivity index (χ3n) is 6.68. The molecule has 2 aromatic rings. The Hall–Kier alpha value is -2.24. The zero-order valence-corrected chi connectivity index (χ0v) is 20.2. The predicted octanol–water partition coefficient (Wildman–Crippen LogP) is 4.52. The molecule has 0 radical (unpaired) electrons. The summed E-state index contributed by atoms with van der Waals surface area (Å²) < 4.78 is 11.0. The van der Waals surface area contributed by atoms with Crippen LogP contribution in [0.15, 0.2) is 36.4 Å². The molecule has 174 valence electrons. The minimum absolute atomic E-state index is 0. The van der Waals surface area contributed by atoms with E-state index in [1.807, 2.05) is 24.3 Å². The van der Waals surface area contributed by atoms with Crippen molar-refractivity contribution in [1.29, 1.82) is 0 Å². The molecule has 0 saturated carbocycles. The van der Waals surface area contributed by atoms with Gasteiger partial charge in [-0.2, -0.15) is 0 Å². The molecule has 2 heterocycles. The summed E-state index contributed by atoms with van der Waals surface area (Å²) in [5.74, 6) is 2.51. The second-order valence-electron chi connectivity index (χ2n) is 8.93. The lowest BCUT2D eigenvalue weighted by molar-refractivity contribution is 0.0712. The monoisotopic (exact) mass is 458 g/mol. The first-order valence-electron chi connectivity index (χ1n) is 11.4. The largest absolute Gasteiger partial charge is 0.497 e. The topological polar surface area (TPSA) is 42.0 Å². The van der Waals surface area contributed by atoms with Crippen molar-refractivity contribution in [1.82, 2.24) is 9.80 Å². The molecule has 32 heavy (non-hydrogen) atoms. The number of halogens is 1. The van der Waals surface area contributed by atoms with Gasteiger partial charge in [-0.15, -0.1) is 12.4 Å². The van der Waals surface area contributed by atoms with Gasteiger partial charge < -0.3 is 19.3 Å². The van der Waals surface area contributed by atoms with E-state index in [2.05, 4.69) is 35.8 Å². The highest BCUT2D eigenvalue weighted by atomic mass is 35.5. The van der Waals surface area contributed by atoms with Crippen LogP contribution in [-0.2, 0) is 6.42 Å². The molecule has 2 aliphatic rings. The summed E-state index contributed by atoms with van der Waals surface area (Å²) in [6.45, 7) is 9.90. The van der Waals surface area contributed by atoms with E-state index in [0.717, 1.165) is 62.6 Å². The number of aryl methyl sites for hydroxylation is 2. The van der Waals surface area contributed by atoms with Gasteiger partial charge in [-0.1, -0.05) is 6.07 Å². The van der Waals surface area contributed by atoms with E-state index in [1.54, 1.807) is 7.11 Å². The fourth-order valence-electron chi connectivity index (χ4n) is 4.71. The van der Waals surface area contributed by atoms with Crippen LogP contribution >= 0.6 is 12.4 Å². The molecular formula is C26H35ClN2O3. The second-order valence-corrected chi connectivity index (χ2v) is 8.93. The van der Waals surface area contributed by atoms with Gasteiger partial charge in [0, 0.05) is 31.7 Å². The van der Waals surface area contributed by atoms with E-state index in [4.69, 9.17) is 9.47 Å². The molecule has 2 aliphatic heterocycles. The molecule has 1 atom stereocenters. The standard InChI is InChI=1S/C26H34N2O3.ClH/c1-19-15-22-10-13-28(26(29)25(22)16-20(19)2)18-21-9-12-27(17-21)11-4-14-31-24-7-5-23(30-3)6-8-24;/h5-8,15-16,21H,4,9-14,17-18H2,1-3H3;1H. The zero-order chi connectivity index (χ0) is 21.8. The van der Waals surface area contributed by atoms with Gasteiger partial charge in [0.2, 0.25) is 0 Å². The first-order valence-corrected chi connectivity index (χ1v) is 11.4. The number of carbonyl (C=O) groups excluding carboxylic acids is 1. The third kappa shape index (κ3) is 5.76. The number of benzene rings is 2. The van der Waals surface area contributed by atoms with Gasteiger partial charge >= 0.3 is 0 Å². The highest BCUT2D eigenvalue weighted by molar-refractivity contribution is 5.97. The van der Waals surface area contributed by atoms with Crippen molar-refractivity contribution in [2.75, 3.05) is 46.4 Å². The first-order chi connectivity index (χ1) is 15.0. The Morgan fingerprint density at radius 3 is 2.50 bits per heavy atom. The van der Waals surface area contributed by atoms with Gasteiger partial charge in [0.05, 0.1) is 13.7 Å². The van der Waals surface area contributed by atoms with Crippen LogP contribution in [0, 0.1) is 19.8 Å². The maximum atomic E-state index is 13.0. The summed E-state index contributed by atoms with van der Waals surface area (Å²) in [5, 5.41) is 0. The summed E-state index contributed by atoms with van der Waals surface area (Å²) in [6.07, 6.45) is 3.15. The Morgan fingerprint density at radius 1 is 1.03 bits per heavy atom. The number of hydrogen-bond acceptors (Lipinski definition) is 4. The molecule has 0 N–H and O–H groups in total. The van der Waals surface area contributed by atoms with E-state index < -0.39 is 0 Å². The molecule has 1 unspecified atom stereocenters. The third-order valence-corrected chi connectivity index (χ3v) is 6.68. The number of carbonyl (C=O) groups is 1. The normalized spacial score (nSPS) is 18.3. The molecule has 6 heteroatoms. The number of fused-ring (bicyclic) bond motifs is 1. The fraction of sp³-hybridized carbons (Fsp3) is 0.500. The van der Waals surface area contributed by atoms with Crippen molar-refractivity contribution < 1.29 is 14.3 Å². The highest BCUT2D eigenvalue weighted by Crippen LogP contribution is 2.25. The average Bonchev–Trinajstić information content (AvgIpc) is 3.22. The minimum atomic E-state index is 0. The SMILES string of the molecule is COc1ccc(OCCCN2CCC(CN3CCc4cc(C)c(C)cc4C3=O)C2)cc1.Cl. The van der Waals surface area contributed by atoms with Crippen LogP contribution in [0.1, 0.15) is 39.9 Å². The van der Waals surface area contributed by atoms with Gasteiger partial charge in [-0.25, -0.2) is 0 Å². The second kappa shape index (κ2) is 11.1. The molecule has 1 fully saturated rings. The van der Waals surface area contributed by atoms with Crippen LogP contribution in [0.4, 0.5) is 0 Å². The number of ether oxygens (including phenoxy) is 2. The van der Waals surface area contributed by atoms with Gasteiger partial charge in [-0.05, 0) is 92.6 Å². The Kier molecular flexibility index (Phi) is 8.44. The maximum Gasteiger partial charge on any atom is 0.254 e. The number of rotatable bonds is 8. The van der Waals surface area contributed by atoms with Crippen molar-refractivity contribution in [2.24, 2.45) is 5.92 Å². The van der Waals surface area contributed by atoms with Crippen molar-refractivity contribution in [2.45, 2.75) is 33.1 Å². The van der Waals surface area contributed by atoms with E-state index in [9.17, 15) is 4.79 Å². The lowest BCUT2D eigenvalue weighted by Gasteiger charge is -2.31. The number of nitrogens with zero attached hydrogens (tertiary/aromatic N) is 2. The highest BCUT2D eigenvalue weighted by Gasteiger charge is 2.29. The number of amides is 1. The molecule has 0 spiro atoms. The van der Waals surface area contributed by atoms with E-state index in [1.165, 1.54) is 23.1 Å². The van der Waals surface area contributed by atoms with Crippen LogP contribution in [0.5, 0.6) is 11.5 Å². The minimum Gasteiger partial charge on any atom is -0.497 e. The summed E-state index contributed by atoms with van der Waals surface area (Å²) in [4.78, 5) is 17.6. The molecule has 0 aliphatic carbocycles. The van der Waals surface area contributed by atoms with Gasteiger partial charge in [0.1, 0.15) is 11.5 Å². The van der Waals surface area contributed by atoms with Gasteiger partial charge in [0.25, 0.3) is 5.91 Å². The average molecular weight is 459 g/mol. The summed E-state index contributed by atoms with van der Waals surface area (Å²) in [6, 6.07) is 12.0. The molecule has 2 aromatic carbocycles. The Balaban J connectivity index is 0.00000289. The van der Waals surface area contributed by atoms with Crippen molar-refractivity contribution in [3.63, 3.8) is 0 Å². The summed E-state index contributed by atoms with van der Waals surface area (Å²) >= 11 is 0. The number of methoxy groups -OCH3 is 1. The van der Waals surface area contributed by atoms with Crippen LogP contribution in [0.25, 0.3) is 0 Å². The smallest absolute Gasteiger partial charge is 0.254 e. The molecule has 0 aromatic heterocycles. The molecule has 1 amide bonds. The number of likely N-dealkylation sites (tertiary alicyclic amines) is 1. The van der Waals surface area contributed by atoms with E-state index in [-0.39, 0.29) is 18.3 Å². The van der Waals surface area contributed by atoms with E-state index >= 15 is 0 Å². The van der Waals surface area contributed by atoms with Crippen LogP contribution in [0.3, 0.4) is 0 Å². The van der Waals surface area contributed by atoms with Gasteiger partial charge in [0.15, 0.2) is 0 Å². The molecule has 0 bridgehead atoms. The molecule has 5 nitrogen and oxygen atoms in total. The predicted molar refractivity (Wildman–Crippen MR) is 130 cm³/mol. The lowest BCUT2D eigenvalue weighted by atomic mass is 9.93. The van der Waals surface area contributed by atoms with Gasteiger partial charge in [-0.3, -0.25) is 4.79 Å². The quantitative estimate of drug-likeness (QED) is 0.545. The van der Waals surface area contributed by atoms with Crippen molar-refractivity contribution >= 4 is 18.3 Å². The number of hydrogen-bond donors (Lipinski definition) is 0. The Labute approximate surface area is 198 Å². The summed E-state index contributed by atoms with van der Waals surface area (Å²) in [7, 11) is 1.67. The Bertz CT molecular complexity index is 916. The van der Waals surface area contributed by atoms with E-state index in [0.29, 0.717) is 12.5 Å². The lowest BCUT2D eigenvalue weighted by Crippen LogP contribution is -2.41. The van der Waals surface area contributed by atoms with Crippen molar-refractivity contribution in [3.8, 4) is 11.5 Å². The molecular weight excluding hydrogens is 424 g/mol. The first kappa shape index (κ1) is 24.4. The maximum absolute atomic E-state index is 13.0. The zero-order valence-electron chi connectivity index (χ0n) is 19.4.